The van der Waals surface area contributed by atoms with E-state index in [-0.39, 0.29) is 66.0 Å². The van der Waals surface area contributed by atoms with Crippen LogP contribution in [-0.4, -0.2) is 42.6 Å². The maximum absolute atomic E-state index is 12.6. The van der Waals surface area contributed by atoms with Crippen LogP contribution in [0.5, 0.6) is 11.5 Å². The van der Waals surface area contributed by atoms with Gasteiger partial charge in [-0.1, -0.05) is 68.4 Å². The summed E-state index contributed by atoms with van der Waals surface area (Å²) < 4.78 is 21.6. The van der Waals surface area contributed by atoms with E-state index in [1.807, 2.05) is 62.3 Å². The minimum absolute atomic E-state index is 0.0729. The molecule has 0 saturated carbocycles. The third-order valence-corrected chi connectivity index (χ3v) is 5.03. The molecule has 0 heterocycles. The van der Waals surface area contributed by atoms with Crippen LogP contribution in [0, 0.1) is 16.2 Å². The molecule has 39 heavy (non-hydrogen) atoms. The summed E-state index contributed by atoms with van der Waals surface area (Å²) in [4.78, 5) is 49.5. The highest BCUT2D eigenvalue weighted by molar-refractivity contribution is 5.78. The van der Waals surface area contributed by atoms with E-state index in [2.05, 4.69) is 0 Å². The van der Waals surface area contributed by atoms with E-state index in [1.54, 1.807) is 13.0 Å². The molecule has 2 N–H and O–H groups in total. The number of ether oxygens (including phenoxy) is 4. The molecule has 0 aromatic heterocycles. The van der Waals surface area contributed by atoms with Crippen molar-refractivity contribution in [3.05, 3.63) is 23.8 Å². The fourth-order valence-electron chi connectivity index (χ4n) is 3.38. The van der Waals surface area contributed by atoms with Crippen LogP contribution >= 0.6 is 0 Å². The smallest absolute Gasteiger partial charge is 0.323 e. The van der Waals surface area contributed by atoms with E-state index < -0.39 is 30.1 Å². The van der Waals surface area contributed by atoms with Gasteiger partial charge in [0.25, 0.3) is 0 Å². The molecule has 1 aromatic carbocycles. The molecule has 0 radical (unpaired) electrons. The molecular formula is C30H47NO8. The second-order valence-electron chi connectivity index (χ2n) is 13.7. The second kappa shape index (κ2) is 13.9. The van der Waals surface area contributed by atoms with Crippen molar-refractivity contribution >= 4 is 23.9 Å². The lowest BCUT2D eigenvalue weighted by atomic mass is 9.92. The molecule has 0 amide bonds. The largest absolute Gasteiger partial charge is 0.462 e. The van der Waals surface area contributed by atoms with Crippen LogP contribution in [0.3, 0.4) is 0 Å². The second-order valence-corrected chi connectivity index (χ2v) is 13.7. The first-order chi connectivity index (χ1) is 17.6. The van der Waals surface area contributed by atoms with Crippen molar-refractivity contribution < 1.29 is 38.1 Å². The summed E-state index contributed by atoms with van der Waals surface area (Å²) in [5.74, 6) is -1.79. The first kappa shape index (κ1) is 34.1. The summed E-state index contributed by atoms with van der Waals surface area (Å²) >= 11 is 0. The first-order valence-corrected chi connectivity index (χ1v) is 13.3. The molecule has 0 bridgehead atoms. The average Bonchev–Trinajstić information content (AvgIpc) is 2.70. The molecular weight excluding hydrogens is 502 g/mol. The topological polar surface area (TPSA) is 131 Å². The highest BCUT2D eigenvalue weighted by atomic mass is 16.6. The quantitative estimate of drug-likeness (QED) is 0.294. The van der Waals surface area contributed by atoms with Crippen molar-refractivity contribution in [2.24, 2.45) is 22.0 Å². The van der Waals surface area contributed by atoms with Crippen molar-refractivity contribution in [3.63, 3.8) is 0 Å². The van der Waals surface area contributed by atoms with Crippen LogP contribution in [0.4, 0.5) is 0 Å². The molecule has 2 atom stereocenters. The highest BCUT2D eigenvalue weighted by Gasteiger charge is 2.25. The Bertz CT molecular complexity index is 1010. The number of hydrogen-bond donors (Lipinski definition) is 1. The third kappa shape index (κ3) is 15.3. The first-order valence-electron chi connectivity index (χ1n) is 13.3. The summed E-state index contributed by atoms with van der Waals surface area (Å²) in [6.07, 6.45) is -0.0282. The van der Waals surface area contributed by atoms with E-state index in [4.69, 9.17) is 24.7 Å². The Morgan fingerprint density at radius 1 is 0.744 bits per heavy atom. The maximum Gasteiger partial charge on any atom is 0.323 e. The molecule has 1 aromatic rings. The van der Waals surface area contributed by atoms with Gasteiger partial charge >= 0.3 is 23.9 Å². The highest BCUT2D eigenvalue weighted by Crippen LogP contribution is 2.32. The predicted molar refractivity (Wildman–Crippen MR) is 148 cm³/mol. The molecule has 0 spiro atoms. The van der Waals surface area contributed by atoms with Crippen LogP contribution in [0.1, 0.15) is 94.1 Å². The predicted octanol–water partition coefficient (Wildman–Crippen LogP) is 5.15. The maximum atomic E-state index is 12.6. The Morgan fingerprint density at radius 3 is 1.69 bits per heavy atom. The zero-order chi connectivity index (χ0) is 30.2. The zero-order valence-electron chi connectivity index (χ0n) is 25.3. The molecule has 0 unspecified atom stereocenters. The van der Waals surface area contributed by atoms with Crippen LogP contribution in [0.25, 0.3) is 0 Å². The van der Waals surface area contributed by atoms with Gasteiger partial charge in [-0.2, -0.15) is 0 Å². The van der Waals surface area contributed by atoms with Gasteiger partial charge < -0.3 is 24.7 Å². The zero-order valence-corrected chi connectivity index (χ0v) is 25.3. The molecule has 9 heteroatoms. The number of benzene rings is 1. The van der Waals surface area contributed by atoms with Crippen molar-refractivity contribution in [1.29, 1.82) is 0 Å². The summed E-state index contributed by atoms with van der Waals surface area (Å²) in [7, 11) is 0. The lowest BCUT2D eigenvalue weighted by Gasteiger charge is -2.20. The Hall–Kier alpha value is -2.94. The molecule has 0 saturated heterocycles. The van der Waals surface area contributed by atoms with Crippen molar-refractivity contribution in [2.45, 2.75) is 107 Å². The summed E-state index contributed by atoms with van der Waals surface area (Å²) in [5, 5.41) is 0. The fourth-order valence-corrected chi connectivity index (χ4v) is 3.38. The van der Waals surface area contributed by atoms with E-state index in [9.17, 15) is 19.2 Å². The molecule has 220 valence electrons. The van der Waals surface area contributed by atoms with Gasteiger partial charge in [-0.25, -0.2) is 0 Å². The Kier molecular flexibility index (Phi) is 12.2. The Morgan fingerprint density at radius 2 is 1.21 bits per heavy atom. The van der Waals surface area contributed by atoms with Crippen LogP contribution in [0.15, 0.2) is 18.2 Å². The van der Waals surface area contributed by atoms with Crippen LogP contribution in [-0.2, 0) is 35.1 Å². The number of carbonyl (C=O) groups excluding carboxylic acids is 4. The van der Waals surface area contributed by atoms with Gasteiger partial charge in [-0.05, 0) is 47.3 Å². The average molecular weight is 550 g/mol. The van der Waals surface area contributed by atoms with Crippen molar-refractivity contribution in [2.75, 3.05) is 6.61 Å². The van der Waals surface area contributed by atoms with Gasteiger partial charge in [0.05, 0.1) is 19.3 Å². The molecule has 0 aliphatic rings. The molecule has 9 nitrogen and oxygen atoms in total. The molecule has 0 fully saturated rings. The van der Waals surface area contributed by atoms with Gasteiger partial charge in [0.1, 0.15) is 18.8 Å². The van der Waals surface area contributed by atoms with Gasteiger partial charge in [0, 0.05) is 0 Å². The number of rotatable bonds is 11. The monoisotopic (exact) mass is 549 g/mol. The number of carbonyl (C=O) groups is 4. The number of nitrogens with two attached hydrogens (primary N) is 1. The van der Waals surface area contributed by atoms with Gasteiger partial charge in [0.15, 0.2) is 11.5 Å². The molecule has 0 aliphatic carbocycles. The minimum Gasteiger partial charge on any atom is -0.462 e. The van der Waals surface area contributed by atoms with E-state index in [0.29, 0.717) is 5.56 Å². The Labute approximate surface area is 233 Å². The Balaban J connectivity index is 2.92. The van der Waals surface area contributed by atoms with E-state index in [0.717, 1.165) is 0 Å². The van der Waals surface area contributed by atoms with E-state index >= 15 is 0 Å². The number of esters is 4. The minimum atomic E-state index is -1.02. The normalized spacial score (nSPS) is 13.7. The lowest BCUT2D eigenvalue weighted by molar-refractivity contribution is -0.159. The lowest BCUT2D eigenvalue weighted by Crippen LogP contribution is -2.37. The third-order valence-electron chi connectivity index (χ3n) is 5.03. The van der Waals surface area contributed by atoms with Gasteiger partial charge in [-0.3, -0.25) is 19.2 Å². The van der Waals surface area contributed by atoms with Crippen LogP contribution in [0.2, 0.25) is 0 Å². The van der Waals surface area contributed by atoms with Crippen molar-refractivity contribution in [1.82, 2.24) is 0 Å². The number of hydrogen-bond acceptors (Lipinski definition) is 9. The fraction of sp³-hybridized carbons (Fsp3) is 0.667. The van der Waals surface area contributed by atoms with Gasteiger partial charge in [-0.15, -0.1) is 0 Å². The molecule has 0 aliphatic heterocycles. The molecule has 1 rings (SSSR count). The summed E-state index contributed by atoms with van der Waals surface area (Å²) in [6.45, 7) is 18.8. The standard InChI is InChI=1S/C30H47NO8/c1-19(18-36-24(32)15-28(2,3)4)37-27(35)21(31)13-20-11-12-22(38-25(33)16-29(5,6)7)23(14-20)39-26(34)17-30(8,9)10/h11-12,14,19,21H,13,15-18,31H2,1-10H3/t19-,21-/m0/s1. The summed E-state index contributed by atoms with van der Waals surface area (Å²) in [5.41, 5.74) is 5.87. The van der Waals surface area contributed by atoms with Gasteiger partial charge in [0.2, 0.25) is 0 Å². The van der Waals surface area contributed by atoms with Crippen molar-refractivity contribution in [3.8, 4) is 11.5 Å². The van der Waals surface area contributed by atoms with Crippen LogP contribution < -0.4 is 15.2 Å². The van der Waals surface area contributed by atoms with E-state index in [1.165, 1.54) is 12.1 Å². The summed E-state index contributed by atoms with van der Waals surface area (Å²) in [6, 6.07) is 3.67. The SMILES string of the molecule is C[C@@H](COC(=O)CC(C)(C)C)OC(=O)[C@@H](N)Cc1ccc(OC(=O)CC(C)(C)C)c(OC(=O)CC(C)(C)C)c1.